The van der Waals surface area contributed by atoms with Crippen LogP contribution in [0, 0.1) is 17.3 Å². The molecule has 5 rings (SSSR count). The molecule has 0 bridgehead atoms. The number of piperazine rings is 1. The van der Waals surface area contributed by atoms with Crippen molar-refractivity contribution in [3.63, 3.8) is 0 Å². The summed E-state index contributed by atoms with van der Waals surface area (Å²) in [5.74, 6) is 0.255. The second-order valence-electron chi connectivity index (χ2n) is 9.85. The lowest BCUT2D eigenvalue weighted by atomic mass is 9.62. The summed E-state index contributed by atoms with van der Waals surface area (Å²) < 4.78 is 5.93. The number of carbonyl (C=O) groups excluding carboxylic acids is 1. The zero-order valence-electron chi connectivity index (χ0n) is 18.0. The highest BCUT2D eigenvalue weighted by molar-refractivity contribution is 6.30. The fourth-order valence-corrected chi connectivity index (χ4v) is 6.31. The number of hydrogen-bond donors (Lipinski definition) is 1. The van der Waals surface area contributed by atoms with E-state index in [2.05, 4.69) is 37.0 Å². The summed E-state index contributed by atoms with van der Waals surface area (Å²) in [6.45, 7) is 9.54. The molecule has 0 unspecified atom stereocenters. The third kappa shape index (κ3) is 3.58. The van der Waals surface area contributed by atoms with Crippen molar-refractivity contribution in [1.29, 1.82) is 0 Å². The van der Waals surface area contributed by atoms with Crippen LogP contribution < -0.4 is 9.80 Å². The van der Waals surface area contributed by atoms with Crippen LogP contribution in [-0.4, -0.2) is 44.8 Å². The Morgan fingerprint density at radius 3 is 2.87 bits per heavy atom. The van der Waals surface area contributed by atoms with E-state index in [1.54, 1.807) is 0 Å². The molecule has 0 aromatic heterocycles. The van der Waals surface area contributed by atoms with E-state index < -0.39 is 0 Å². The van der Waals surface area contributed by atoms with E-state index in [1.807, 2.05) is 18.2 Å². The van der Waals surface area contributed by atoms with Crippen LogP contribution in [0.25, 0.3) is 0 Å². The molecule has 30 heavy (non-hydrogen) atoms. The number of ether oxygens (including phenoxy) is 1. The Hall–Kier alpha value is -1.78. The summed E-state index contributed by atoms with van der Waals surface area (Å²) in [7, 11) is 0. The SMILES string of the molecule is CC1=CCC[C@]2(C)C[C@H]3OC(=O)[C@@H](C[NH+]4CCN(c5cccc(Cl)c5)CC4)[C@H]3C=C12. The molecule has 1 aromatic carbocycles. The van der Waals surface area contributed by atoms with Gasteiger partial charge in [0.05, 0.1) is 32.7 Å². The summed E-state index contributed by atoms with van der Waals surface area (Å²) in [5.41, 5.74) is 4.24. The first-order valence-corrected chi connectivity index (χ1v) is 11.7. The van der Waals surface area contributed by atoms with Crippen molar-refractivity contribution in [3.8, 4) is 0 Å². The average Bonchev–Trinajstić information content (AvgIpc) is 3.01. The molecule has 0 spiro atoms. The highest BCUT2D eigenvalue weighted by Gasteiger charge is 2.52. The largest absolute Gasteiger partial charge is 0.461 e. The number of fused-ring (bicyclic) bond motifs is 2. The number of hydrogen-bond acceptors (Lipinski definition) is 3. The van der Waals surface area contributed by atoms with Gasteiger partial charge < -0.3 is 14.5 Å². The van der Waals surface area contributed by atoms with Gasteiger partial charge in [-0.1, -0.05) is 42.3 Å². The van der Waals surface area contributed by atoms with Crippen LogP contribution in [0.1, 0.15) is 33.1 Å². The lowest BCUT2D eigenvalue weighted by Gasteiger charge is -2.43. The number of nitrogens with zero attached hydrogens (tertiary/aromatic N) is 1. The average molecular weight is 428 g/mol. The first kappa shape index (κ1) is 20.1. The number of anilines is 1. The van der Waals surface area contributed by atoms with Crippen molar-refractivity contribution < 1.29 is 14.4 Å². The Bertz CT molecular complexity index is 902. The Labute approximate surface area is 184 Å². The maximum absolute atomic E-state index is 12.8. The van der Waals surface area contributed by atoms with Crippen molar-refractivity contribution in [3.05, 3.63) is 52.6 Å². The van der Waals surface area contributed by atoms with E-state index in [0.717, 1.165) is 50.6 Å². The highest BCUT2D eigenvalue weighted by Crippen LogP contribution is 2.52. The zero-order chi connectivity index (χ0) is 20.9. The molecule has 0 saturated carbocycles. The zero-order valence-corrected chi connectivity index (χ0v) is 18.8. The minimum atomic E-state index is -0.00510. The molecule has 2 heterocycles. The molecule has 2 aliphatic carbocycles. The van der Waals surface area contributed by atoms with Gasteiger partial charge in [-0.25, -0.2) is 0 Å². The number of benzene rings is 1. The van der Waals surface area contributed by atoms with Crippen LogP contribution >= 0.6 is 11.6 Å². The molecule has 0 radical (unpaired) electrons. The van der Waals surface area contributed by atoms with Gasteiger partial charge in [0.15, 0.2) is 0 Å². The molecular weight excluding hydrogens is 396 g/mol. The summed E-state index contributed by atoms with van der Waals surface area (Å²) >= 11 is 6.16. The quantitative estimate of drug-likeness (QED) is 0.751. The first-order chi connectivity index (χ1) is 14.4. The van der Waals surface area contributed by atoms with Gasteiger partial charge in [0.25, 0.3) is 0 Å². The first-order valence-electron chi connectivity index (χ1n) is 11.4. The van der Waals surface area contributed by atoms with Crippen LogP contribution in [0.15, 0.2) is 47.6 Å². The Morgan fingerprint density at radius 2 is 2.10 bits per heavy atom. The maximum Gasteiger partial charge on any atom is 0.315 e. The number of quaternary nitrogens is 1. The van der Waals surface area contributed by atoms with Crippen molar-refractivity contribution in [2.75, 3.05) is 37.6 Å². The topological polar surface area (TPSA) is 34.0 Å². The summed E-state index contributed by atoms with van der Waals surface area (Å²) in [4.78, 5) is 16.7. The molecule has 4 aliphatic rings. The van der Waals surface area contributed by atoms with Gasteiger partial charge in [-0.05, 0) is 55.4 Å². The van der Waals surface area contributed by atoms with Gasteiger partial charge in [-0.15, -0.1) is 0 Å². The van der Waals surface area contributed by atoms with E-state index in [4.69, 9.17) is 16.3 Å². The fraction of sp³-hybridized carbons (Fsp3) is 0.560. The summed E-state index contributed by atoms with van der Waals surface area (Å²) in [6, 6.07) is 8.09. The fourth-order valence-electron chi connectivity index (χ4n) is 6.13. The Kier molecular flexibility index (Phi) is 5.19. The minimum absolute atomic E-state index is 0.00510. The van der Waals surface area contributed by atoms with Gasteiger partial charge in [0.2, 0.25) is 0 Å². The monoisotopic (exact) mass is 427 g/mol. The second-order valence-corrected chi connectivity index (χ2v) is 10.3. The van der Waals surface area contributed by atoms with E-state index in [1.165, 1.54) is 28.2 Å². The number of carbonyl (C=O) groups is 1. The van der Waals surface area contributed by atoms with Crippen LogP contribution in [0.4, 0.5) is 5.69 Å². The molecule has 160 valence electrons. The standard InChI is InChI=1S/C25H31ClN2O2/c1-17-5-4-8-25(2)15-23-20(14-22(17)25)21(24(29)30-23)16-27-9-11-28(12-10-27)19-7-3-6-18(26)13-19/h3,5-7,13-14,20-21,23H,4,8-12,15-16H2,1-2H3/p+1/t20-,21+,23-,25-/m1/s1. The second kappa shape index (κ2) is 7.72. The molecule has 2 aliphatic heterocycles. The van der Waals surface area contributed by atoms with Gasteiger partial charge in [0, 0.05) is 16.6 Å². The molecule has 4 atom stereocenters. The van der Waals surface area contributed by atoms with Crippen LogP contribution in [0.3, 0.4) is 0 Å². The highest BCUT2D eigenvalue weighted by atomic mass is 35.5. The molecule has 0 amide bonds. The third-order valence-electron chi connectivity index (χ3n) is 7.85. The maximum atomic E-state index is 12.8. The number of esters is 1. The van der Waals surface area contributed by atoms with E-state index in [-0.39, 0.29) is 29.3 Å². The third-order valence-corrected chi connectivity index (χ3v) is 8.08. The minimum Gasteiger partial charge on any atom is -0.461 e. The number of nitrogens with one attached hydrogen (secondary N) is 1. The number of rotatable bonds is 3. The van der Waals surface area contributed by atoms with Gasteiger partial charge in [0.1, 0.15) is 12.0 Å². The molecule has 2 fully saturated rings. The van der Waals surface area contributed by atoms with Crippen LogP contribution in [-0.2, 0) is 9.53 Å². The lowest BCUT2D eigenvalue weighted by Crippen LogP contribution is -3.15. The summed E-state index contributed by atoms with van der Waals surface area (Å²) in [5, 5.41) is 0.784. The molecule has 4 nitrogen and oxygen atoms in total. The summed E-state index contributed by atoms with van der Waals surface area (Å²) in [6.07, 6.45) is 8.12. The van der Waals surface area contributed by atoms with Crippen molar-refractivity contribution in [2.24, 2.45) is 17.3 Å². The number of allylic oxidation sites excluding steroid dienone is 3. The van der Waals surface area contributed by atoms with Gasteiger partial charge in [-0.2, -0.15) is 0 Å². The Balaban J connectivity index is 1.27. The van der Waals surface area contributed by atoms with Gasteiger partial charge in [-0.3, -0.25) is 4.79 Å². The van der Waals surface area contributed by atoms with Crippen LogP contribution in [0.5, 0.6) is 0 Å². The Morgan fingerprint density at radius 1 is 1.30 bits per heavy atom. The molecular formula is C25H32ClN2O2+. The molecule has 2 saturated heterocycles. The van der Waals surface area contributed by atoms with E-state index in [9.17, 15) is 4.79 Å². The van der Waals surface area contributed by atoms with Crippen molar-refractivity contribution >= 4 is 23.3 Å². The normalized spacial score (nSPS) is 34.0. The smallest absolute Gasteiger partial charge is 0.315 e. The molecule has 5 heteroatoms. The molecule has 1 N–H and O–H groups in total. The number of halogens is 1. The van der Waals surface area contributed by atoms with Gasteiger partial charge >= 0.3 is 5.97 Å². The van der Waals surface area contributed by atoms with E-state index >= 15 is 0 Å². The van der Waals surface area contributed by atoms with Crippen LogP contribution in [0.2, 0.25) is 5.02 Å². The lowest BCUT2D eigenvalue weighted by molar-refractivity contribution is -0.903. The van der Waals surface area contributed by atoms with E-state index in [0.29, 0.717) is 0 Å². The molecule has 1 aromatic rings. The predicted molar refractivity (Wildman–Crippen MR) is 120 cm³/mol. The van der Waals surface area contributed by atoms with Crippen molar-refractivity contribution in [2.45, 2.75) is 39.2 Å². The van der Waals surface area contributed by atoms with Crippen molar-refractivity contribution in [1.82, 2.24) is 0 Å². The predicted octanol–water partition coefficient (Wildman–Crippen LogP) is 3.28.